The highest BCUT2D eigenvalue weighted by Crippen LogP contribution is 2.20. The summed E-state index contributed by atoms with van der Waals surface area (Å²) < 4.78 is 5.11. The van der Waals surface area contributed by atoms with E-state index in [1.165, 1.54) is 4.90 Å². The molecule has 2 aromatic rings. The summed E-state index contributed by atoms with van der Waals surface area (Å²) in [6.45, 7) is 1.56. The quantitative estimate of drug-likeness (QED) is 0.884. The molecule has 1 N–H and O–H groups in total. The lowest BCUT2D eigenvalue weighted by atomic mass is 10.2. The molecule has 6 heteroatoms. The number of rotatable bonds is 4. The van der Waals surface area contributed by atoms with E-state index in [9.17, 15) is 4.79 Å². The number of anilines is 1. The first kappa shape index (κ1) is 12.1. The predicted octanol–water partition coefficient (Wildman–Crippen LogP) is 1.65. The van der Waals surface area contributed by atoms with E-state index >= 15 is 0 Å². The third-order valence-corrected chi connectivity index (χ3v) is 2.69. The van der Waals surface area contributed by atoms with Gasteiger partial charge >= 0.3 is 5.97 Å². The first-order valence-corrected chi connectivity index (χ1v) is 5.44. The summed E-state index contributed by atoms with van der Waals surface area (Å²) in [6, 6.07) is 8.59. The fraction of sp³-hybridized carbons (Fsp3) is 0.250. The Labute approximate surface area is 104 Å². The van der Waals surface area contributed by atoms with Crippen LogP contribution in [0.1, 0.15) is 6.92 Å². The van der Waals surface area contributed by atoms with Gasteiger partial charge in [-0.05, 0) is 24.2 Å². The number of aromatic nitrogens is 2. The van der Waals surface area contributed by atoms with Gasteiger partial charge in [-0.15, -0.1) is 0 Å². The van der Waals surface area contributed by atoms with Gasteiger partial charge in [0.1, 0.15) is 6.04 Å². The molecule has 1 unspecified atom stereocenters. The number of likely N-dealkylation sites (N-methyl/N-ethyl adjacent to an activating group) is 1. The third-order valence-electron chi connectivity index (χ3n) is 2.69. The van der Waals surface area contributed by atoms with Crippen LogP contribution in [-0.2, 0) is 4.79 Å². The van der Waals surface area contributed by atoms with Gasteiger partial charge in [0, 0.05) is 12.6 Å². The maximum absolute atomic E-state index is 10.9. The summed E-state index contributed by atoms with van der Waals surface area (Å²) in [4.78, 5) is 16.5. The molecule has 0 amide bonds. The predicted molar refractivity (Wildman–Crippen MR) is 65.2 cm³/mol. The van der Waals surface area contributed by atoms with Gasteiger partial charge in [-0.1, -0.05) is 18.2 Å². The molecule has 0 saturated heterocycles. The number of aliphatic carboxylic acids is 1. The Morgan fingerprint density at radius 3 is 2.67 bits per heavy atom. The zero-order chi connectivity index (χ0) is 13.1. The average molecular weight is 247 g/mol. The molecule has 0 aliphatic rings. The molecular weight excluding hydrogens is 234 g/mol. The number of carbonyl (C=O) groups is 1. The molecule has 1 atom stereocenters. The highest BCUT2D eigenvalue weighted by Gasteiger charge is 2.21. The lowest BCUT2D eigenvalue weighted by Gasteiger charge is -2.18. The van der Waals surface area contributed by atoms with Crippen molar-refractivity contribution in [3.8, 4) is 11.5 Å². The second kappa shape index (κ2) is 4.87. The molecular formula is C12H13N3O3. The minimum atomic E-state index is -0.941. The van der Waals surface area contributed by atoms with Crippen LogP contribution in [0.5, 0.6) is 0 Å². The van der Waals surface area contributed by atoms with E-state index in [4.69, 9.17) is 9.63 Å². The maximum Gasteiger partial charge on any atom is 0.326 e. The van der Waals surface area contributed by atoms with E-state index in [2.05, 4.69) is 10.1 Å². The monoisotopic (exact) mass is 247 g/mol. The van der Waals surface area contributed by atoms with Gasteiger partial charge in [0.15, 0.2) is 0 Å². The number of carboxylic acids is 1. The van der Waals surface area contributed by atoms with Crippen LogP contribution < -0.4 is 4.90 Å². The standard InChI is InChI=1S/C12H13N3O3/c1-8(11(16)17)15(2)12-13-10(18-14-12)9-6-4-3-5-7-9/h3-8H,1-2H3,(H,16,17). The minimum absolute atomic E-state index is 0.253. The molecule has 1 aromatic heterocycles. The van der Waals surface area contributed by atoms with Gasteiger partial charge < -0.3 is 14.5 Å². The SMILES string of the molecule is CC(C(=O)O)N(C)c1noc(-c2ccccc2)n1. The molecule has 0 fully saturated rings. The Morgan fingerprint density at radius 2 is 2.06 bits per heavy atom. The highest BCUT2D eigenvalue weighted by atomic mass is 16.5. The lowest BCUT2D eigenvalue weighted by molar-refractivity contribution is -0.138. The molecule has 1 heterocycles. The Balaban J connectivity index is 2.23. The van der Waals surface area contributed by atoms with E-state index < -0.39 is 12.0 Å². The summed E-state index contributed by atoms with van der Waals surface area (Å²) in [5.74, 6) is -0.317. The van der Waals surface area contributed by atoms with Crippen molar-refractivity contribution in [1.29, 1.82) is 0 Å². The summed E-state index contributed by atoms with van der Waals surface area (Å²) >= 11 is 0. The van der Waals surface area contributed by atoms with Gasteiger partial charge in [0.05, 0.1) is 0 Å². The number of nitrogens with zero attached hydrogens (tertiary/aromatic N) is 3. The fourth-order valence-corrected chi connectivity index (χ4v) is 1.40. The number of hydrogen-bond acceptors (Lipinski definition) is 5. The van der Waals surface area contributed by atoms with Crippen LogP contribution >= 0.6 is 0 Å². The Hall–Kier alpha value is -2.37. The average Bonchev–Trinajstić information content (AvgIpc) is 2.87. The normalized spacial score (nSPS) is 12.1. The van der Waals surface area contributed by atoms with E-state index in [0.717, 1.165) is 5.56 Å². The minimum Gasteiger partial charge on any atom is -0.480 e. The Bertz CT molecular complexity index is 539. The molecule has 6 nitrogen and oxygen atoms in total. The topological polar surface area (TPSA) is 79.5 Å². The van der Waals surface area contributed by atoms with Crippen molar-refractivity contribution in [3.05, 3.63) is 30.3 Å². The van der Waals surface area contributed by atoms with Crippen LogP contribution in [0.4, 0.5) is 5.95 Å². The van der Waals surface area contributed by atoms with Crippen molar-refractivity contribution in [2.75, 3.05) is 11.9 Å². The molecule has 0 aliphatic heterocycles. The smallest absolute Gasteiger partial charge is 0.326 e. The second-order valence-electron chi connectivity index (χ2n) is 3.89. The zero-order valence-corrected chi connectivity index (χ0v) is 10.1. The van der Waals surface area contributed by atoms with Crippen LogP contribution in [-0.4, -0.2) is 34.3 Å². The van der Waals surface area contributed by atoms with Crippen molar-refractivity contribution in [2.24, 2.45) is 0 Å². The zero-order valence-electron chi connectivity index (χ0n) is 10.1. The largest absolute Gasteiger partial charge is 0.480 e. The Morgan fingerprint density at radius 1 is 1.39 bits per heavy atom. The van der Waals surface area contributed by atoms with Crippen LogP contribution in [0.15, 0.2) is 34.9 Å². The molecule has 0 aliphatic carbocycles. The summed E-state index contributed by atoms with van der Waals surface area (Å²) in [7, 11) is 1.61. The van der Waals surface area contributed by atoms with Gasteiger partial charge in [0.25, 0.3) is 11.8 Å². The summed E-state index contributed by atoms with van der Waals surface area (Å²) in [6.07, 6.45) is 0. The summed E-state index contributed by atoms with van der Waals surface area (Å²) in [5, 5.41) is 12.7. The highest BCUT2D eigenvalue weighted by molar-refractivity contribution is 5.76. The third kappa shape index (κ3) is 2.32. The molecule has 0 saturated carbocycles. The second-order valence-corrected chi connectivity index (χ2v) is 3.89. The number of benzene rings is 1. The molecule has 0 radical (unpaired) electrons. The van der Waals surface area contributed by atoms with Gasteiger partial charge in [-0.25, -0.2) is 4.79 Å². The number of carboxylic acid groups (broad SMARTS) is 1. The van der Waals surface area contributed by atoms with Crippen LogP contribution in [0.3, 0.4) is 0 Å². The van der Waals surface area contributed by atoms with Crippen LogP contribution in [0, 0.1) is 0 Å². The van der Waals surface area contributed by atoms with Crippen LogP contribution in [0.25, 0.3) is 11.5 Å². The van der Waals surface area contributed by atoms with E-state index in [0.29, 0.717) is 5.89 Å². The molecule has 18 heavy (non-hydrogen) atoms. The van der Waals surface area contributed by atoms with E-state index in [1.807, 2.05) is 30.3 Å². The fourth-order valence-electron chi connectivity index (χ4n) is 1.40. The van der Waals surface area contributed by atoms with E-state index in [-0.39, 0.29) is 5.95 Å². The first-order chi connectivity index (χ1) is 8.59. The van der Waals surface area contributed by atoms with Crippen molar-refractivity contribution < 1.29 is 14.4 Å². The van der Waals surface area contributed by atoms with Gasteiger partial charge in [-0.2, -0.15) is 4.98 Å². The lowest BCUT2D eigenvalue weighted by Crippen LogP contribution is -2.36. The van der Waals surface area contributed by atoms with E-state index in [1.54, 1.807) is 14.0 Å². The molecule has 2 rings (SSSR count). The Kier molecular flexibility index (Phi) is 3.27. The van der Waals surface area contributed by atoms with Crippen molar-refractivity contribution in [1.82, 2.24) is 10.1 Å². The summed E-state index contributed by atoms with van der Waals surface area (Å²) in [5.41, 5.74) is 0.799. The van der Waals surface area contributed by atoms with Crippen molar-refractivity contribution in [3.63, 3.8) is 0 Å². The van der Waals surface area contributed by atoms with Gasteiger partial charge in [0.2, 0.25) is 0 Å². The van der Waals surface area contributed by atoms with Crippen LogP contribution in [0.2, 0.25) is 0 Å². The molecule has 94 valence electrons. The molecule has 0 spiro atoms. The molecule has 1 aromatic carbocycles. The molecule has 0 bridgehead atoms. The number of hydrogen-bond donors (Lipinski definition) is 1. The van der Waals surface area contributed by atoms with Gasteiger partial charge in [-0.3, -0.25) is 0 Å². The first-order valence-electron chi connectivity index (χ1n) is 5.44. The maximum atomic E-state index is 10.9. The van der Waals surface area contributed by atoms with Crippen molar-refractivity contribution >= 4 is 11.9 Å². The van der Waals surface area contributed by atoms with Crippen molar-refractivity contribution in [2.45, 2.75) is 13.0 Å².